The maximum absolute atomic E-state index is 13.1. The van der Waals surface area contributed by atoms with Gasteiger partial charge in [-0.3, -0.25) is 9.48 Å². The molecular weight excluding hydrogens is 310 g/mol. The normalized spacial score (nSPS) is 18.0. The van der Waals surface area contributed by atoms with Gasteiger partial charge >= 0.3 is 0 Å². The van der Waals surface area contributed by atoms with Crippen molar-refractivity contribution in [3.05, 3.63) is 52.8 Å². The molecule has 0 N–H and O–H groups in total. The van der Waals surface area contributed by atoms with E-state index in [1.807, 2.05) is 22.6 Å². The van der Waals surface area contributed by atoms with Crippen LogP contribution in [0.1, 0.15) is 72.8 Å². The van der Waals surface area contributed by atoms with Crippen LogP contribution in [0.15, 0.2) is 30.3 Å². The Balaban J connectivity index is 1.82. The summed E-state index contributed by atoms with van der Waals surface area (Å²) in [5, 5.41) is 4.60. The number of rotatable bonds is 4. The molecular formula is C21H29N3O. The number of aromatic nitrogens is 2. The van der Waals surface area contributed by atoms with Gasteiger partial charge in [-0.25, -0.2) is 0 Å². The predicted molar refractivity (Wildman–Crippen MR) is 101 cm³/mol. The zero-order chi connectivity index (χ0) is 18.0. The number of nitrogens with zero attached hydrogens (tertiary/aromatic N) is 3. The molecule has 0 spiro atoms. The third kappa shape index (κ3) is 3.63. The van der Waals surface area contributed by atoms with E-state index in [0.717, 1.165) is 43.9 Å². The summed E-state index contributed by atoms with van der Waals surface area (Å²) in [5.41, 5.74) is 4.43. The lowest BCUT2D eigenvalue weighted by Crippen LogP contribution is -2.40. The van der Waals surface area contributed by atoms with E-state index >= 15 is 0 Å². The summed E-state index contributed by atoms with van der Waals surface area (Å²) in [6, 6.07) is 10.5. The molecule has 2 aromatic rings. The monoisotopic (exact) mass is 339 g/mol. The molecule has 4 heteroatoms. The predicted octanol–water partition coefficient (Wildman–Crippen LogP) is 4.35. The van der Waals surface area contributed by atoms with Crippen molar-refractivity contribution in [1.82, 2.24) is 14.7 Å². The summed E-state index contributed by atoms with van der Waals surface area (Å²) in [6.07, 6.45) is 2.21. The van der Waals surface area contributed by atoms with Crippen LogP contribution in [0.25, 0.3) is 0 Å². The summed E-state index contributed by atoms with van der Waals surface area (Å²) in [7, 11) is 0. The van der Waals surface area contributed by atoms with E-state index in [1.165, 1.54) is 11.1 Å². The summed E-state index contributed by atoms with van der Waals surface area (Å²) < 4.78 is 1.86. The van der Waals surface area contributed by atoms with E-state index in [0.29, 0.717) is 11.8 Å². The van der Waals surface area contributed by atoms with Crippen molar-refractivity contribution in [1.29, 1.82) is 0 Å². The van der Waals surface area contributed by atoms with Crippen LogP contribution in [0.4, 0.5) is 0 Å². The Bertz CT molecular complexity index is 747. The number of carbonyl (C=O) groups excluding carboxylic acids is 1. The van der Waals surface area contributed by atoms with E-state index < -0.39 is 0 Å². The quantitative estimate of drug-likeness (QED) is 0.830. The molecule has 134 valence electrons. The van der Waals surface area contributed by atoms with Crippen LogP contribution in [-0.2, 0) is 6.54 Å². The highest BCUT2D eigenvalue weighted by atomic mass is 16.2. The van der Waals surface area contributed by atoms with Crippen molar-refractivity contribution in [3.8, 4) is 0 Å². The minimum absolute atomic E-state index is 0.125. The van der Waals surface area contributed by atoms with Gasteiger partial charge in [0, 0.05) is 25.6 Å². The Labute approximate surface area is 150 Å². The van der Waals surface area contributed by atoms with Gasteiger partial charge in [-0.2, -0.15) is 5.10 Å². The third-order valence-electron chi connectivity index (χ3n) is 5.25. The highest BCUT2D eigenvalue weighted by molar-refractivity contribution is 5.93. The van der Waals surface area contributed by atoms with E-state index in [4.69, 9.17) is 0 Å². The Kier molecular flexibility index (Phi) is 5.26. The SMILES string of the molecule is CCn1nc(C(C)C)cc1C(=O)N1CCC[C@@H](c2ccccc2C)C1. The number of carbonyl (C=O) groups is 1. The third-order valence-corrected chi connectivity index (χ3v) is 5.25. The number of hydrogen-bond acceptors (Lipinski definition) is 2. The molecule has 0 aliphatic carbocycles. The van der Waals surface area contributed by atoms with Gasteiger partial charge in [0.2, 0.25) is 0 Å². The molecule has 0 unspecified atom stereocenters. The number of aryl methyl sites for hydroxylation is 2. The second-order valence-corrected chi connectivity index (χ2v) is 7.37. The number of likely N-dealkylation sites (tertiary alicyclic amines) is 1. The van der Waals surface area contributed by atoms with Crippen LogP contribution in [0.5, 0.6) is 0 Å². The highest BCUT2D eigenvalue weighted by Crippen LogP contribution is 2.30. The fourth-order valence-electron chi connectivity index (χ4n) is 3.75. The first-order valence-electron chi connectivity index (χ1n) is 9.43. The average molecular weight is 339 g/mol. The van der Waals surface area contributed by atoms with Crippen LogP contribution in [0.2, 0.25) is 0 Å². The van der Waals surface area contributed by atoms with Gasteiger partial charge in [-0.05, 0) is 49.8 Å². The molecule has 25 heavy (non-hydrogen) atoms. The minimum Gasteiger partial charge on any atom is -0.337 e. The van der Waals surface area contributed by atoms with E-state index in [-0.39, 0.29) is 5.91 Å². The van der Waals surface area contributed by atoms with E-state index in [9.17, 15) is 4.79 Å². The standard InChI is InChI=1S/C21H29N3O/c1-5-24-20(13-19(22-24)15(2)3)21(25)23-12-8-10-17(14-23)18-11-7-6-9-16(18)4/h6-7,9,11,13,15,17H,5,8,10,12,14H2,1-4H3/t17-/m1/s1. The molecule has 4 nitrogen and oxygen atoms in total. The number of piperidine rings is 1. The first-order chi connectivity index (χ1) is 12.0. The van der Waals surface area contributed by atoms with Gasteiger partial charge < -0.3 is 4.90 Å². The van der Waals surface area contributed by atoms with Crippen molar-refractivity contribution in [2.75, 3.05) is 13.1 Å². The number of benzene rings is 1. The molecule has 2 heterocycles. The summed E-state index contributed by atoms with van der Waals surface area (Å²) in [4.78, 5) is 15.2. The number of amides is 1. The van der Waals surface area contributed by atoms with Crippen LogP contribution < -0.4 is 0 Å². The van der Waals surface area contributed by atoms with Crippen molar-refractivity contribution < 1.29 is 4.79 Å². The highest BCUT2D eigenvalue weighted by Gasteiger charge is 2.28. The van der Waals surface area contributed by atoms with Gasteiger partial charge in [0.05, 0.1) is 5.69 Å². The van der Waals surface area contributed by atoms with Crippen LogP contribution in [-0.4, -0.2) is 33.7 Å². The summed E-state index contributed by atoms with van der Waals surface area (Å²) in [5.74, 6) is 0.890. The van der Waals surface area contributed by atoms with Crippen molar-refractivity contribution in [3.63, 3.8) is 0 Å². The Morgan fingerprint density at radius 3 is 2.76 bits per heavy atom. The molecule has 0 bridgehead atoms. The molecule has 1 aliphatic rings. The minimum atomic E-state index is 0.125. The lowest BCUT2D eigenvalue weighted by atomic mass is 9.88. The molecule has 1 aromatic carbocycles. The topological polar surface area (TPSA) is 38.1 Å². The summed E-state index contributed by atoms with van der Waals surface area (Å²) >= 11 is 0. The summed E-state index contributed by atoms with van der Waals surface area (Å²) in [6.45, 7) is 10.8. The van der Waals surface area contributed by atoms with Crippen LogP contribution in [0, 0.1) is 6.92 Å². The molecule has 1 fully saturated rings. The molecule has 0 saturated carbocycles. The van der Waals surface area contributed by atoms with E-state index in [2.05, 4.69) is 50.1 Å². The second kappa shape index (κ2) is 7.42. The fraction of sp³-hybridized carbons (Fsp3) is 0.524. The van der Waals surface area contributed by atoms with Crippen molar-refractivity contribution in [2.45, 2.75) is 58.9 Å². The maximum atomic E-state index is 13.1. The molecule has 1 amide bonds. The first-order valence-corrected chi connectivity index (χ1v) is 9.43. The van der Waals surface area contributed by atoms with Gasteiger partial charge in [0.15, 0.2) is 0 Å². The zero-order valence-corrected chi connectivity index (χ0v) is 15.8. The fourth-order valence-corrected chi connectivity index (χ4v) is 3.75. The lowest BCUT2D eigenvalue weighted by molar-refractivity contribution is 0.0694. The zero-order valence-electron chi connectivity index (χ0n) is 15.8. The lowest BCUT2D eigenvalue weighted by Gasteiger charge is -2.33. The molecule has 0 radical (unpaired) electrons. The molecule has 1 saturated heterocycles. The Morgan fingerprint density at radius 2 is 2.08 bits per heavy atom. The molecule has 1 atom stereocenters. The van der Waals surface area contributed by atoms with Gasteiger partial charge in [-0.1, -0.05) is 38.1 Å². The van der Waals surface area contributed by atoms with Gasteiger partial charge in [0.1, 0.15) is 5.69 Å². The molecule has 1 aromatic heterocycles. The van der Waals surface area contributed by atoms with E-state index in [1.54, 1.807) is 0 Å². The molecule has 1 aliphatic heterocycles. The van der Waals surface area contributed by atoms with Crippen molar-refractivity contribution in [2.24, 2.45) is 0 Å². The van der Waals surface area contributed by atoms with Gasteiger partial charge in [-0.15, -0.1) is 0 Å². The Morgan fingerprint density at radius 1 is 1.32 bits per heavy atom. The van der Waals surface area contributed by atoms with Crippen LogP contribution in [0.3, 0.4) is 0 Å². The maximum Gasteiger partial charge on any atom is 0.272 e. The van der Waals surface area contributed by atoms with Crippen LogP contribution >= 0.6 is 0 Å². The average Bonchev–Trinajstić information content (AvgIpc) is 3.06. The largest absolute Gasteiger partial charge is 0.337 e. The van der Waals surface area contributed by atoms with Gasteiger partial charge in [0.25, 0.3) is 5.91 Å². The second-order valence-electron chi connectivity index (χ2n) is 7.37. The molecule has 3 rings (SSSR count). The Hall–Kier alpha value is -2.10. The number of hydrogen-bond donors (Lipinski definition) is 0. The first kappa shape index (κ1) is 17.7. The van der Waals surface area contributed by atoms with Crippen molar-refractivity contribution >= 4 is 5.91 Å². The smallest absolute Gasteiger partial charge is 0.272 e.